The molecule has 0 aromatic heterocycles. The molecule has 0 radical (unpaired) electrons. The van der Waals surface area contributed by atoms with Gasteiger partial charge in [-0.05, 0) is 48.4 Å². The van der Waals surface area contributed by atoms with Crippen molar-refractivity contribution in [2.24, 2.45) is 0 Å². The molecule has 0 aliphatic rings. The first-order valence-electron chi connectivity index (χ1n) is 9.96. The maximum absolute atomic E-state index is 12.2. The third-order valence-corrected chi connectivity index (χ3v) is 4.73. The third-order valence-electron chi connectivity index (χ3n) is 4.73. The van der Waals surface area contributed by atoms with E-state index < -0.39 is 21.5 Å². The molecule has 0 aliphatic carbocycles. The first-order valence-corrected chi connectivity index (χ1v) is 9.96. The van der Waals surface area contributed by atoms with Crippen LogP contribution in [0, 0.1) is 27.2 Å². The van der Waals surface area contributed by atoms with Gasteiger partial charge in [0.25, 0.3) is 11.4 Å². The fourth-order valence-electron chi connectivity index (χ4n) is 3.01. The van der Waals surface area contributed by atoms with Crippen LogP contribution in [0.4, 0.5) is 11.4 Å². The predicted octanol–water partition coefficient (Wildman–Crippen LogP) is 4.97. The van der Waals surface area contributed by atoms with Crippen LogP contribution in [-0.2, 0) is 4.79 Å². The summed E-state index contributed by atoms with van der Waals surface area (Å²) in [7, 11) is 1.41. The Morgan fingerprint density at radius 2 is 1.68 bits per heavy atom. The summed E-state index contributed by atoms with van der Waals surface area (Å²) in [5, 5.41) is 22.2. The molecule has 0 saturated carbocycles. The highest BCUT2D eigenvalue weighted by atomic mass is 16.6. The van der Waals surface area contributed by atoms with Crippen LogP contribution in [-0.4, -0.2) is 29.5 Å². The molecule has 3 rings (SSSR count). The summed E-state index contributed by atoms with van der Waals surface area (Å²) < 4.78 is 16.1. The molecule has 10 heteroatoms. The number of hydrogen-bond acceptors (Lipinski definition) is 8. The number of para-hydroxylation sites is 1. The van der Waals surface area contributed by atoms with Gasteiger partial charge in [-0.2, -0.15) is 0 Å². The molecule has 0 amide bonds. The minimum absolute atomic E-state index is 0.180. The number of benzene rings is 3. The van der Waals surface area contributed by atoms with Gasteiger partial charge in [0.1, 0.15) is 5.75 Å². The van der Waals surface area contributed by atoms with Gasteiger partial charge < -0.3 is 14.2 Å². The van der Waals surface area contributed by atoms with Crippen molar-refractivity contribution in [2.75, 3.05) is 13.7 Å². The van der Waals surface area contributed by atoms with E-state index in [1.54, 1.807) is 30.3 Å². The average Bonchev–Trinajstić information content (AvgIpc) is 2.82. The Hall–Kier alpha value is -4.73. The zero-order chi connectivity index (χ0) is 24.7. The van der Waals surface area contributed by atoms with Crippen LogP contribution >= 0.6 is 0 Å². The minimum Gasteiger partial charge on any atom is -0.493 e. The van der Waals surface area contributed by atoms with Crippen LogP contribution < -0.4 is 14.2 Å². The van der Waals surface area contributed by atoms with E-state index in [1.165, 1.54) is 31.4 Å². The number of nitro groups is 2. The van der Waals surface area contributed by atoms with Gasteiger partial charge in [-0.15, -0.1) is 0 Å². The summed E-state index contributed by atoms with van der Waals surface area (Å²) in [6.45, 7) is 1.57. The zero-order valence-corrected chi connectivity index (χ0v) is 18.3. The Morgan fingerprint density at radius 3 is 2.35 bits per heavy atom. The van der Waals surface area contributed by atoms with Gasteiger partial charge in [-0.25, -0.2) is 4.79 Å². The predicted molar refractivity (Wildman–Crippen MR) is 124 cm³/mol. The number of carbonyl (C=O) groups excluding carboxylic acids is 1. The Balaban J connectivity index is 1.73. The van der Waals surface area contributed by atoms with Crippen molar-refractivity contribution in [1.82, 2.24) is 0 Å². The summed E-state index contributed by atoms with van der Waals surface area (Å²) >= 11 is 0. The lowest BCUT2D eigenvalue weighted by Gasteiger charge is -2.11. The second-order valence-corrected chi connectivity index (χ2v) is 7.03. The van der Waals surface area contributed by atoms with Crippen molar-refractivity contribution >= 4 is 29.5 Å². The summed E-state index contributed by atoms with van der Waals surface area (Å²) in [5.74, 6) is 0.405. The lowest BCUT2D eigenvalue weighted by molar-refractivity contribution is -0.394. The van der Waals surface area contributed by atoms with Crippen LogP contribution in [0.1, 0.15) is 16.7 Å². The quantitative estimate of drug-likeness (QED) is 0.142. The smallest absolute Gasteiger partial charge is 0.349 e. The van der Waals surface area contributed by atoms with E-state index in [2.05, 4.69) is 0 Å². The number of aryl methyl sites for hydroxylation is 1. The molecule has 0 atom stereocenters. The van der Waals surface area contributed by atoms with Crippen LogP contribution in [0.2, 0.25) is 0 Å². The van der Waals surface area contributed by atoms with Gasteiger partial charge in [0.15, 0.2) is 18.1 Å². The average molecular weight is 464 g/mol. The standard InChI is InChI=1S/C24H20N2O8/c1-16-5-3-4-6-21(16)33-15-24(27)34-22-12-8-17(13-23(22)32-2)7-9-18-10-11-19(25(28)29)14-20(18)26(30)31/h3-14H,15H2,1-2H3/b9-7+. The highest BCUT2D eigenvalue weighted by Gasteiger charge is 2.18. The van der Waals surface area contributed by atoms with Gasteiger partial charge in [-0.3, -0.25) is 20.2 Å². The Kier molecular flexibility index (Phi) is 7.55. The van der Waals surface area contributed by atoms with E-state index in [4.69, 9.17) is 14.2 Å². The fourth-order valence-corrected chi connectivity index (χ4v) is 3.01. The lowest BCUT2D eigenvalue weighted by Crippen LogP contribution is -2.18. The molecule has 0 spiro atoms. The summed E-state index contributed by atoms with van der Waals surface area (Å²) in [5.41, 5.74) is 0.913. The molecule has 0 bridgehead atoms. The van der Waals surface area contributed by atoms with Crippen LogP contribution in [0.5, 0.6) is 17.2 Å². The van der Waals surface area contributed by atoms with E-state index in [1.807, 2.05) is 19.1 Å². The molecule has 0 fully saturated rings. The van der Waals surface area contributed by atoms with Crippen LogP contribution in [0.15, 0.2) is 60.7 Å². The minimum atomic E-state index is -0.697. The molecule has 0 N–H and O–H groups in total. The van der Waals surface area contributed by atoms with E-state index in [0.717, 1.165) is 11.6 Å². The number of esters is 1. The first-order chi connectivity index (χ1) is 16.3. The van der Waals surface area contributed by atoms with Crippen molar-refractivity contribution in [3.8, 4) is 17.2 Å². The largest absolute Gasteiger partial charge is 0.493 e. The number of nitrogens with zero attached hydrogens (tertiary/aromatic N) is 2. The molecular formula is C24H20N2O8. The number of methoxy groups -OCH3 is 1. The third kappa shape index (κ3) is 5.94. The van der Waals surface area contributed by atoms with Crippen LogP contribution in [0.3, 0.4) is 0 Å². The van der Waals surface area contributed by atoms with Gasteiger partial charge in [0.2, 0.25) is 0 Å². The molecule has 3 aromatic carbocycles. The molecular weight excluding hydrogens is 444 g/mol. The van der Waals surface area contributed by atoms with Crippen molar-refractivity contribution in [2.45, 2.75) is 6.92 Å². The second-order valence-electron chi connectivity index (χ2n) is 7.03. The highest BCUT2D eigenvalue weighted by Crippen LogP contribution is 2.30. The van der Waals surface area contributed by atoms with E-state index in [0.29, 0.717) is 11.3 Å². The Labute approximate surface area is 194 Å². The summed E-state index contributed by atoms with van der Waals surface area (Å²) in [6, 6.07) is 15.4. The van der Waals surface area contributed by atoms with E-state index >= 15 is 0 Å². The second kappa shape index (κ2) is 10.7. The van der Waals surface area contributed by atoms with Gasteiger partial charge in [0.05, 0.1) is 28.6 Å². The number of hydrogen-bond donors (Lipinski definition) is 0. The molecule has 10 nitrogen and oxygen atoms in total. The van der Waals surface area contributed by atoms with E-state index in [-0.39, 0.29) is 29.4 Å². The van der Waals surface area contributed by atoms with Gasteiger partial charge >= 0.3 is 5.97 Å². The fraction of sp³-hybridized carbons (Fsp3) is 0.125. The molecule has 0 saturated heterocycles. The highest BCUT2D eigenvalue weighted by molar-refractivity contribution is 5.77. The maximum Gasteiger partial charge on any atom is 0.349 e. The molecule has 0 heterocycles. The molecule has 0 unspecified atom stereocenters. The zero-order valence-electron chi connectivity index (χ0n) is 18.3. The topological polar surface area (TPSA) is 131 Å². The molecule has 34 heavy (non-hydrogen) atoms. The van der Waals surface area contributed by atoms with Gasteiger partial charge in [0, 0.05) is 6.07 Å². The molecule has 174 valence electrons. The molecule has 3 aromatic rings. The van der Waals surface area contributed by atoms with Crippen molar-refractivity contribution < 1.29 is 28.9 Å². The van der Waals surface area contributed by atoms with E-state index in [9.17, 15) is 25.0 Å². The Morgan fingerprint density at radius 1 is 0.912 bits per heavy atom. The molecule has 0 aliphatic heterocycles. The number of non-ortho nitro benzene ring substituents is 1. The lowest BCUT2D eigenvalue weighted by atomic mass is 10.1. The van der Waals surface area contributed by atoms with Crippen LogP contribution in [0.25, 0.3) is 12.2 Å². The van der Waals surface area contributed by atoms with Crippen molar-refractivity contribution in [1.29, 1.82) is 0 Å². The summed E-state index contributed by atoms with van der Waals surface area (Å²) in [6.07, 6.45) is 3.03. The number of ether oxygens (including phenoxy) is 3. The number of nitro benzene ring substituents is 2. The normalized spacial score (nSPS) is 10.6. The number of rotatable bonds is 9. The monoisotopic (exact) mass is 464 g/mol. The van der Waals surface area contributed by atoms with Crippen molar-refractivity contribution in [3.63, 3.8) is 0 Å². The SMILES string of the molecule is COc1cc(/C=C/c2ccc([N+](=O)[O-])cc2[N+](=O)[O-])ccc1OC(=O)COc1ccccc1C. The maximum atomic E-state index is 12.2. The van der Waals surface area contributed by atoms with Gasteiger partial charge in [-0.1, -0.05) is 30.3 Å². The number of carbonyl (C=O) groups is 1. The first kappa shape index (κ1) is 23.9. The summed E-state index contributed by atoms with van der Waals surface area (Å²) in [4.78, 5) is 33.0. The Bertz CT molecular complexity index is 1270. The van der Waals surface area contributed by atoms with Crippen molar-refractivity contribution in [3.05, 3.63) is 97.6 Å².